The van der Waals surface area contributed by atoms with Gasteiger partial charge < -0.3 is 5.32 Å². The summed E-state index contributed by atoms with van der Waals surface area (Å²) in [5.41, 5.74) is 2.76. The fraction of sp³-hybridized carbons (Fsp3) is 0.235. The van der Waals surface area contributed by atoms with Gasteiger partial charge in [-0.1, -0.05) is 48.0 Å². The van der Waals surface area contributed by atoms with Gasteiger partial charge >= 0.3 is 0 Å². The molecule has 104 valence electrons. The summed E-state index contributed by atoms with van der Waals surface area (Å²) in [7, 11) is 0. The first-order chi connectivity index (χ1) is 9.65. The van der Waals surface area contributed by atoms with E-state index in [1.165, 1.54) is 6.07 Å². The normalized spacial score (nSPS) is 10.3. The summed E-state index contributed by atoms with van der Waals surface area (Å²) in [4.78, 5) is 11.8. The average Bonchev–Trinajstić information content (AvgIpc) is 2.41. The molecule has 1 amide bonds. The Bertz CT molecular complexity index is 595. The predicted octanol–water partition coefficient (Wildman–Crippen LogP) is 3.04. The number of halogens is 1. The molecule has 0 aliphatic carbocycles. The van der Waals surface area contributed by atoms with Crippen molar-refractivity contribution in [3.05, 3.63) is 71.0 Å². The van der Waals surface area contributed by atoms with Gasteiger partial charge in [-0.25, -0.2) is 4.39 Å². The van der Waals surface area contributed by atoms with Gasteiger partial charge in [0, 0.05) is 6.54 Å². The minimum atomic E-state index is -0.222. The van der Waals surface area contributed by atoms with Gasteiger partial charge in [0.25, 0.3) is 0 Å². The highest BCUT2D eigenvalue weighted by atomic mass is 19.1. The summed E-state index contributed by atoms with van der Waals surface area (Å²) in [6, 6.07) is 14.5. The molecular weight excluding hydrogens is 253 g/mol. The van der Waals surface area contributed by atoms with Crippen LogP contribution < -0.4 is 5.32 Å². The zero-order chi connectivity index (χ0) is 14.4. The maximum Gasteiger partial charge on any atom is 0.224 e. The third-order valence-corrected chi connectivity index (χ3v) is 3.12. The highest BCUT2D eigenvalue weighted by molar-refractivity contribution is 5.78. The molecule has 0 saturated carbocycles. The average molecular weight is 271 g/mol. The van der Waals surface area contributed by atoms with E-state index >= 15 is 0 Å². The smallest absolute Gasteiger partial charge is 0.224 e. The van der Waals surface area contributed by atoms with Crippen molar-refractivity contribution in [2.24, 2.45) is 0 Å². The Morgan fingerprint density at radius 1 is 1.15 bits per heavy atom. The highest BCUT2D eigenvalue weighted by Gasteiger charge is 2.04. The van der Waals surface area contributed by atoms with Crippen LogP contribution in [-0.4, -0.2) is 12.5 Å². The van der Waals surface area contributed by atoms with E-state index in [-0.39, 0.29) is 11.7 Å². The van der Waals surface area contributed by atoms with Crippen molar-refractivity contribution < 1.29 is 9.18 Å². The number of carbonyl (C=O) groups excluding carboxylic acids is 1. The van der Waals surface area contributed by atoms with E-state index < -0.39 is 0 Å². The molecule has 3 heteroatoms. The molecule has 1 N–H and O–H groups in total. The van der Waals surface area contributed by atoms with Crippen LogP contribution >= 0.6 is 0 Å². The summed E-state index contributed by atoms with van der Waals surface area (Å²) in [6.45, 7) is 2.45. The van der Waals surface area contributed by atoms with Gasteiger partial charge in [-0.15, -0.1) is 0 Å². The summed E-state index contributed by atoms with van der Waals surface area (Å²) < 4.78 is 13.4. The molecular formula is C17H18FNO. The number of benzene rings is 2. The Labute approximate surface area is 118 Å². The summed E-state index contributed by atoms with van der Waals surface area (Å²) >= 11 is 0. The zero-order valence-electron chi connectivity index (χ0n) is 11.5. The van der Waals surface area contributed by atoms with Crippen molar-refractivity contribution in [1.82, 2.24) is 5.32 Å². The van der Waals surface area contributed by atoms with Crippen LogP contribution in [0.3, 0.4) is 0 Å². The quantitative estimate of drug-likeness (QED) is 0.889. The van der Waals surface area contributed by atoms with Gasteiger partial charge in [0.1, 0.15) is 5.82 Å². The molecule has 0 aromatic heterocycles. The topological polar surface area (TPSA) is 29.1 Å². The standard InChI is InChI=1S/C17H18FNO/c1-13-5-4-6-14(11-13)12-17(20)19-10-9-15-7-2-3-8-16(15)18/h2-8,11H,9-10,12H2,1H3,(H,19,20). The van der Waals surface area contributed by atoms with Crippen LogP contribution in [0.25, 0.3) is 0 Å². The van der Waals surface area contributed by atoms with Crippen LogP contribution in [-0.2, 0) is 17.6 Å². The predicted molar refractivity (Wildman–Crippen MR) is 78.0 cm³/mol. The van der Waals surface area contributed by atoms with Gasteiger partial charge in [0.05, 0.1) is 6.42 Å². The second-order valence-corrected chi connectivity index (χ2v) is 4.86. The van der Waals surface area contributed by atoms with Crippen LogP contribution in [0.15, 0.2) is 48.5 Å². The van der Waals surface area contributed by atoms with Gasteiger partial charge in [0.15, 0.2) is 0 Å². The molecule has 20 heavy (non-hydrogen) atoms. The lowest BCUT2D eigenvalue weighted by molar-refractivity contribution is -0.120. The molecule has 0 fully saturated rings. The number of rotatable bonds is 5. The number of aryl methyl sites for hydroxylation is 1. The molecule has 0 spiro atoms. The van der Waals surface area contributed by atoms with Crippen molar-refractivity contribution in [3.63, 3.8) is 0 Å². The summed E-state index contributed by atoms with van der Waals surface area (Å²) in [6.07, 6.45) is 0.866. The first-order valence-corrected chi connectivity index (χ1v) is 6.71. The molecule has 0 bridgehead atoms. The van der Waals surface area contributed by atoms with Crippen molar-refractivity contribution in [1.29, 1.82) is 0 Å². The van der Waals surface area contributed by atoms with Crippen molar-refractivity contribution in [2.75, 3.05) is 6.54 Å². The van der Waals surface area contributed by atoms with Crippen LogP contribution in [0.4, 0.5) is 4.39 Å². The Morgan fingerprint density at radius 2 is 1.95 bits per heavy atom. The monoisotopic (exact) mass is 271 g/mol. The molecule has 2 aromatic carbocycles. The third kappa shape index (κ3) is 4.19. The SMILES string of the molecule is Cc1cccc(CC(=O)NCCc2ccccc2F)c1. The molecule has 2 aromatic rings. The van der Waals surface area contributed by atoms with Gasteiger partial charge in [-0.2, -0.15) is 0 Å². The lowest BCUT2D eigenvalue weighted by Crippen LogP contribution is -2.27. The summed E-state index contributed by atoms with van der Waals surface area (Å²) in [5, 5.41) is 2.82. The third-order valence-electron chi connectivity index (χ3n) is 3.12. The molecule has 0 heterocycles. The lowest BCUT2D eigenvalue weighted by Gasteiger charge is -2.06. The maximum atomic E-state index is 13.4. The molecule has 2 nitrogen and oxygen atoms in total. The Hall–Kier alpha value is -2.16. The van der Waals surface area contributed by atoms with E-state index in [0.29, 0.717) is 24.9 Å². The van der Waals surface area contributed by atoms with E-state index in [2.05, 4.69) is 5.32 Å². The van der Waals surface area contributed by atoms with Crippen LogP contribution in [0.2, 0.25) is 0 Å². The van der Waals surface area contributed by atoms with Crippen LogP contribution in [0.5, 0.6) is 0 Å². The van der Waals surface area contributed by atoms with Gasteiger partial charge in [-0.3, -0.25) is 4.79 Å². The van der Waals surface area contributed by atoms with Crippen molar-refractivity contribution in [3.8, 4) is 0 Å². The largest absolute Gasteiger partial charge is 0.355 e. The van der Waals surface area contributed by atoms with Gasteiger partial charge in [-0.05, 0) is 30.5 Å². The molecule has 0 radical (unpaired) electrons. The number of hydrogen-bond acceptors (Lipinski definition) is 1. The van der Waals surface area contributed by atoms with Gasteiger partial charge in [0.2, 0.25) is 5.91 Å². The molecule has 2 rings (SSSR count). The van der Waals surface area contributed by atoms with Crippen LogP contribution in [0, 0.1) is 12.7 Å². The zero-order valence-corrected chi connectivity index (χ0v) is 11.5. The Balaban J connectivity index is 1.80. The first-order valence-electron chi connectivity index (χ1n) is 6.71. The Morgan fingerprint density at radius 3 is 2.70 bits per heavy atom. The van der Waals surface area contributed by atoms with E-state index in [4.69, 9.17) is 0 Å². The maximum absolute atomic E-state index is 13.4. The molecule has 0 aliphatic heterocycles. The number of nitrogens with one attached hydrogen (secondary N) is 1. The molecule has 0 atom stereocenters. The number of hydrogen-bond donors (Lipinski definition) is 1. The van der Waals surface area contributed by atoms with E-state index in [9.17, 15) is 9.18 Å². The lowest BCUT2D eigenvalue weighted by atomic mass is 10.1. The van der Waals surface area contributed by atoms with E-state index in [1.54, 1.807) is 18.2 Å². The fourth-order valence-electron chi connectivity index (χ4n) is 2.11. The van der Waals surface area contributed by atoms with E-state index in [1.807, 2.05) is 31.2 Å². The highest BCUT2D eigenvalue weighted by Crippen LogP contribution is 2.07. The van der Waals surface area contributed by atoms with E-state index in [0.717, 1.165) is 11.1 Å². The molecule has 0 unspecified atom stereocenters. The molecule has 0 aliphatic rings. The fourth-order valence-corrected chi connectivity index (χ4v) is 2.11. The summed E-state index contributed by atoms with van der Waals surface area (Å²) in [5.74, 6) is -0.257. The second-order valence-electron chi connectivity index (χ2n) is 4.86. The first kappa shape index (κ1) is 14.3. The number of amides is 1. The second kappa shape index (κ2) is 6.85. The Kier molecular flexibility index (Phi) is 4.88. The van der Waals surface area contributed by atoms with Crippen molar-refractivity contribution >= 4 is 5.91 Å². The molecule has 0 saturated heterocycles. The minimum absolute atomic E-state index is 0.0352. The van der Waals surface area contributed by atoms with Crippen molar-refractivity contribution in [2.45, 2.75) is 19.8 Å². The van der Waals surface area contributed by atoms with Crippen LogP contribution in [0.1, 0.15) is 16.7 Å². The minimum Gasteiger partial charge on any atom is -0.355 e. The number of carbonyl (C=O) groups is 1.